The number of aryl methyl sites for hydroxylation is 1. The van der Waals surface area contributed by atoms with Crippen molar-refractivity contribution < 1.29 is 18.3 Å². The average molecular weight is 448 g/mol. The van der Waals surface area contributed by atoms with Gasteiger partial charge in [0.2, 0.25) is 0 Å². The summed E-state index contributed by atoms with van der Waals surface area (Å²) in [5, 5.41) is 11.7. The minimum Gasteiger partial charge on any atom is -0.507 e. The molecule has 1 N–H and O–H groups in total. The van der Waals surface area contributed by atoms with Gasteiger partial charge >= 0.3 is 0 Å². The molecule has 0 saturated heterocycles. The largest absolute Gasteiger partial charge is 0.507 e. The Labute approximate surface area is 185 Å². The number of pyridine rings is 1. The Hall–Kier alpha value is -3.65. The summed E-state index contributed by atoms with van der Waals surface area (Å²) in [6.45, 7) is 0.233. The average Bonchev–Trinajstić information content (AvgIpc) is 3.06. The Bertz CT molecular complexity index is 1480. The molecule has 0 aliphatic carbocycles. The smallest absolute Gasteiger partial charge is 0.256 e. The highest BCUT2D eigenvalue weighted by atomic mass is 32.2. The van der Waals surface area contributed by atoms with Crippen molar-refractivity contribution in [1.29, 1.82) is 0 Å². The van der Waals surface area contributed by atoms with E-state index in [-0.39, 0.29) is 28.8 Å². The molecule has 0 atom stereocenters. The van der Waals surface area contributed by atoms with Crippen LogP contribution in [0.5, 0.6) is 5.75 Å². The van der Waals surface area contributed by atoms with E-state index in [1.807, 2.05) is 6.07 Å². The first-order valence-corrected chi connectivity index (χ1v) is 11.7. The summed E-state index contributed by atoms with van der Waals surface area (Å²) >= 11 is 0. The molecule has 5 rings (SSSR count). The van der Waals surface area contributed by atoms with Crippen LogP contribution in [0.25, 0.3) is 22.0 Å². The number of rotatable bonds is 4. The number of phenolic OH excluding ortho intramolecular Hbond substituents is 1. The van der Waals surface area contributed by atoms with E-state index in [0.29, 0.717) is 33.3 Å². The van der Waals surface area contributed by atoms with Gasteiger partial charge in [-0.2, -0.15) is 0 Å². The third kappa shape index (κ3) is 2.98. The van der Waals surface area contributed by atoms with Gasteiger partial charge in [-0.3, -0.25) is 9.78 Å². The van der Waals surface area contributed by atoms with E-state index in [1.54, 1.807) is 73.5 Å². The van der Waals surface area contributed by atoms with E-state index < -0.39 is 9.84 Å². The number of sulfone groups is 1. The molecule has 32 heavy (non-hydrogen) atoms. The van der Waals surface area contributed by atoms with E-state index in [4.69, 9.17) is 0 Å². The summed E-state index contributed by atoms with van der Waals surface area (Å²) in [6, 6.07) is 13.6. The highest BCUT2D eigenvalue weighted by Gasteiger charge is 2.34. The van der Waals surface area contributed by atoms with Crippen LogP contribution in [0.15, 0.2) is 65.8 Å². The molecular weight excluding hydrogens is 426 g/mol. The van der Waals surface area contributed by atoms with Gasteiger partial charge in [-0.05, 0) is 24.3 Å². The maximum absolute atomic E-state index is 13.2. The number of hydrogen-bond acceptors (Lipinski definition) is 5. The number of aromatic nitrogens is 2. The van der Waals surface area contributed by atoms with Gasteiger partial charge < -0.3 is 14.6 Å². The van der Waals surface area contributed by atoms with Gasteiger partial charge in [0, 0.05) is 60.8 Å². The summed E-state index contributed by atoms with van der Waals surface area (Å²) in [7, 11) is -0.276. The number of aromatic hydroxyl groups is 1. The molecule has 0 saturated carbocycles. The van der Waals surface area contributed by atoms with Crippen LogP contribution in [-0.4, -0.2) is 40.9 Å². The number of amides is 1. The van der Waals surface area contributed by atoms with E-state index in [2.05, 4.69) is 4.98 Å². The van der Waals surface area contributed by atoms with Crippen LogP contribution in [0.4, 0.5) is 0 Å². The third-order valence-corrected chi connectivity index (χ3v) is 7.69. The van der Waals surface area contributed by atoms with Gasteiger partial charge in [-0.25, -0.2) is 8.42 Å². The first-order valence-electron chi connectivity index (χ1n) is 10.1. The number of nitrogens with zero attached hydrogens (tertiary/aromatic N) is 3. The summed E-state index contributed by atoms with van der Waals surface area (Å²) < 4.78 is 28.1. The number of carbonyl (C=O) groups is 1. The van der Waals surface area contributed by atoms with Gasteiger partial charge in [-0.1, -0.05) is 24.3 Å². The quantitative estimate of drug-likeness (QED) is 0.517. The topological polar surface area (TPSA) is 92.5 Å². The summed E-state index contributed by atoms with van der Waals surface area (Å²) in [5.41, 5.74) is 3.38. The van der Waals surface area contributed by atoms with Gasteiger partial charge in [0.15, 0.2) is 9.84 Å². The van der Waals surface area contributed by atoms with Crippen LogP contribution in [0.3, 0.4) is 0 Å². The molecule has 0 unspecified atom stereocenters. The lowest BCUT2D eigenvalue weighted by Crippen LogP contribution is -2.30. The maximum atomic E-state index is 13.2. The molecule has 7 nitrogen and oxygen atoms in total. The zero-order valence-corrected chi connectivity index (χ0v) is 18.4. The first-order chi connectivity index (χ1) is 15.3. The number of phenols is 1. The Balaban J connectivity index is 1.79. The minimum absolute atomic E-state index is 0.0779. The van der Waals surface area contributed by atoms with E-state index in [9.17, 15) is 18.3 Å². The lowest BCUT2D eigenvalue weighted by Gasteiger charge is -2.25. The Morgan fingerprint density at radius 3 is 2.53 bits per heavy atom. The second-order valence-corrected chi connectivity index (χ2v) is 9.99. The molecule has 3 heterocycles. The zero-order valence-electron chi connectivity index (χ0n) is 17.6. The molecule has 0 bridgehead atoms. The number of hydrogen-bond donors (Lipinski definition) is 1. The molecule has 0 radical (unpaired) electrons. The van der Waals surface area contributed by atoms with Crippen molar-refractivity contribution in [2.45, 2.75) is 17.2 Å². The van der Waals surface area contributed by atoms with Crippen LogP contribution < -0.4 is 0 Å². The predicted octanol–water partition coefficient (Wildman–Crippen LogP) is 3.51. The Morgan fingerprint density at radius 2 is 1.84 bits per heavy atom. The van der Waals surface area contributed by atoms with Crippen LogP contribution in [-0.2, 0) is 29.2 Å². The van der Waals surface area contributed by atoms with Gasteiger partial charge in [-0.15, -0.1) is 0 Å². The molecule has 4 aromatic rings. The van der Waals surface area contributed by atoms with Gasteiger partial charge in [0.1, 0.15) is 5.75 Å². The molecule has 162 valence electrons. The van der Waals surface area contributed by atoms with E-state index in [0.717, 1.165) is 5.56 Å². The fraction of sp³-hybridized carbons (Fsp3) is 0.167. The third-order valence-electron chi connectivity index (χ3n) is 6.04. The molecule has 0 spiro atoms. The molecule has 2 aromatic heterocycles. The monoisotopic (exact) mass is 447 g/mol. The van der Waals surface area contributed by atoms with Crippen LogP contribution in [0.2, 0.25) is 0 Å². The standard InChI is InChI=1S/C24H21N3O4S/c1-26-13-18-21-19(11-17(23(18)28)15-7-6-10-25-12-15)27(2)20(22(21)24(26)29)14-32(30,31)16-8-4-3-5-9-16/h3-12,28H,13-14H2,1-2H3. The molecule has 1 aliphatic rings. The summed E-state index contributed by atoms with van der Waals surface area (Å²) in [4.78, 5) is 19.0. The Kier molecular flexibility index (Phi) is 4.56. The lowest BCUT2D eigenvalue weighted by molar-refractivity contribution is 0.0779. The van der Waals surface area contributed by atoms with Gasteiger partial charge in [0.05, 0.1) is 21.7 Å². The van der Waals surface area contributed by atoms with E-state index in [1.165, 1.54) is 4.90 Å². The van der Waals surface area contributed by atoms with Crippen molar-refractivity contribution in [3.05, 3.63) is 77.7 Å². The van der Waals surface area contributed by atoms with E-state index >= 15 is 0 Å². The number of benzene rings is 2. The van der Waals surface area contributed by atoms with Crippen molar-refractivity contribution in [2.75, 3.05) is 7.05 Å². The fourth-order valence-corrected chi connectivity index (χ4v) is 5.84. The first kappa shape index (κ1) is 20.3. The second-order valence-electron chi connectivity index (χ2n) is 8.00. The molecule has 1 aliphatic heterocycles. The molecule has 1 amide bonds. The molecule has 2 aromatic carbocycles. The minimum atomic E-state index is -3.68. The van der Waals surface area contributed by atoms with Crippen molar-refractivity contribution >= 4 is 26.6 Å². The summed E-state index contributed by atoms with van der Waals surface area (Å²) in [6.07, 6.45) is 3.32. The summed E-state index contributed by atoms with van der Waals surface area (Å²) in [5.74, 6) is -0.497. The van der Waals surface area contributed by atoms with Crippen molar-refractivity contribution in [3.8, 4) is 16.9 Å². The van der Waals surface area contributed by atoms with Crippen molar-refractivity contribution in [3.63, 3.8) is 0 Å². The SMILES string of the molecule is CN1Cc2c(O)c(-c3cccnc3)cc3c2c(c(CS(=O)(=O)c2ccccc2)n3C)C1=O. The van der Waals surface area contributed by atoms with Crippen LogP contribution in [0, 0.1) is 0 Å². The number of carbonyl (C=O) groups excluding carboxylic acids is 1. The van der Waals surface area contributed by atoms with Gasteiger partial charge in [0.25, 0.3) is 5.91 Å². The molecule has 8 heteroatoms. The van der Waals surface area contributed by atoms with Crippen molar-refractivity contribution in [2.24, 2.45) is 7.05 Å². The maximum Gasteiger partial charge on any atom is 0.256 e. The normalized spacial score (nSPS) is 13.7. The molecule has 0 fully saturated rings. The molecular formula is C24H21N3O4S. The lowest BCUT2D eigenvalue weighted by atomic mass is 9.94. The van der Waals surface area contributed by atoms with Crippen LogP contribution in [0.1, 0.15) is 21.6 Å². The zero-order chi connectivity index (χ0) is 22.6. The highest BCUT2D eigenvalue weighted by molar-refractivity contribution is 7.90. The van der Waals surface area contributed by atoms with Crippen molar-refractivity contribution in [1.82, 2.24) is 14.5 Å². The fourth-order valence-electron chi connectivity index (χ4n) is 4.40. The highest BCUT2D eigenvalue weighted by Crippen LogP contribution is 2.44. The second kappa shape index (κ2) is 7.20. The Morgan fingerprint density at radius 1 is 1.09 bits per heavy atom. The predicted molar refractivity (Wildman–Crippen MR) is 121 cm³/mol. The van der Waals surface area contributed by atoms with Crippen LogP contribution >= 0.6 is 0 Å².